The summed E-state index contributed by atoms with van der Waals surface area (Å²) in [6, 6.07) is 9.96. The third-order valence-corrected chi connectivity index (χ3v) is 6.14. The number of nitrogens with zero attached hydrogens (tertiary/aromatic N) is 2. The normalized spacial score (nSPS) is 11.8. The molecule has 104 valence electrons. The fourth-order valence-corrected chi connectivity index (χ4v) is 4.99. The molecule has 0 bridgehead atoms. The van der Waals surface area contributed by atoms with Crippen LogP contribution in [0.25, 0.3) is 0 Å². The lowest BCUT2D eigenvalue weighted by Gasteiger charge is -2.22. The topological polar surface area (TPSA) is 95.3 Å². The molecule has 1 rings (SSSR count). The average molecular weight is 302 g/mol. The molecule has 0 fully saturated rings. The van der Waals surface area contributed by atoms with Gasteiger partial charge in [0.25, 0.3) is 0 Å². The minimum absolute atomic E-state index is 0.0160. The predicted octanol–water partition coefficient (Wildman–Crippen LogP) is 0.739. The summed E-state index contributed by atoms with van der Waals surface area (Å²) in [4.78, 5) is 0. The molecule has 0 unspecified atom stereocenters. The number of sulfone groups is 1. The number of benzene rings is 1. The number of para-hydroxylation sites is 1. The van der Waals surface area contributed by atoms with Gasteiger partial charge in [0.15, 0.2) is 14.9 Å². The highest BCUT2D eigenvalue weighted by Crippen LogP contribution is 2.19. The van der Waals surface area contributed by atoms with E-state index in [1.165, 1.54) is 0 Å². The van der Waals surface area contributed by atoms with Gasteiger partial charge in [-0.15, -0.1) is 0 Å². The lowest BCUT2D eigenvalue weighted by Crippen LogP contribution is -2.36. The van der Waals surface area contributed by atoms with Crippen LogP contribution in [0.4, 0.5) is 5.69 Å². The monoisotopic (exact) mass is 302 g/mol. The summed E-state index contributed by atoms with van der Waals surface area (Å²) >= 11 is 0. The van der Waals surface area contributed by atoms with E-state index < -0.39 is 24.9 Å². The van der Waals surface area contributed by atoms with Crippen LogP contribution in [-0.2, 0) is 19.9 Å². The molecule has 0 atom stereocenters. The smallest absolute Gasteiger partial charge is 0.249 e. The van der Waals surface area contributed by atoms with Crippen molar-refractivity contribution in [1.29, 1.82) is 5.26 Å². The van der Waals surface area contributed by atoms with Crippen molar-refractivity contribution >= 4 is 25.5 Å². The van der Waals surface area contributed by atoms with E-state index in [2.05, 4.69) is 0 Å². The molecule has 19 heavy (non-hydrogen) atoms. The second-order valence-corrected chi connectivity index (χ2v) is 8.37. The van der Waals surface area contributed by atoms with Crippen LogP contribution in [-0.4, -0.2) is 34.7 Å². The van der Waals surface area contributed by atoms with Crippen molar-refractivity contribution in [3.05, 3.63) is 30.3 Å². The molecule has 0 amide bonds. The standard InChI is InChI=1S/C11H14N2O4S2/c1-18(14,15)10-19(16,17)13(9-5-8-12)11-6-3-2-4-7-11/h2-4,6-7H,5,9-10H2,1H3. The Balaban J connectivity index is 3.15. The molecular weight excluding hydrogens is 288 g/mol. The first-order valence-corrected chi connectivity index (χ1v) is 9.03. The molecule has 0 spiro atoms. The van der Waals surface area contributed by atoms with Gasteiger partial charge in [-0.2, -0.15) is 5.26 Å². The third kappa shape index (κ3) is 4.89. The van der Waals surface area contributed by atoms with Gasteiger partial charge in [-0.3, -0.25) is 4.31 Å². The number of rotatable bonds is 6. The van der Waals surface area contributed by atoms with Crippen LogP contribution >= 0.6 is 0 Å². The molecular formula is C11H14N2O4S2. The van der Waals surface area contributed by atoms with Crippen LogP contribution in [0.3, 0.4) is 0 Å². The molecule has 0 aliphatic carbocycles. The number of hydrogen-bond acceptors (Lipinski definition) is 5. The molecule has 0 aliphatic heterocycles. The summed E-state index contributed by atoms with van der Waals surface area (Å²) < 4.78 is 47.5. The van der Waals surface area contributed by atoms with Crippen molar-refractivity contribution in [2.24, 2.45) is 0 Å². The Morgan fingerprint density at radius 3 is 2.21 bits per heavy atom. The van der Waals surface area contributed by atoms with Gasteiger partial charge in [0.05, 0.1) is 18.2 Å². The van der Waals surface area contributed by atoms with Crippen LogP contribution in [0.15, 0.2) is 30.3 Å². The number of sulfonamides is 1. The minimum Gasteiger partial charge on any atom is -0.268 e. The van der Waals surface area contributed by atoms with Gasteiger partial charge >= 0.3 is 0 Å². The molecule has 0 heterocycles. The number of nitriles is 1. The Morgan fingerprint density at radius 1 is 1.16 bits per heavy atom. The minimum atomic E-state index is -4.01. The van der Waals surface area contributed by atoms with Gasteiger partial charge in [0.2, 0.25) is 10.0 Å². The molecule has 1 aromatic rings. The maximum absolute atomic E-state index is 12.1. The quantitative estimate of drug-likeness (QED) is 0.772. The maximum Gasteiger partial charge on any atom is 0.249 e. The zero-order chi connectivity index (χ0) is 14.5. The summed E-state index contributed by atoms with van der Waals surface area (Å²) in [5.41, 5.74) is 0.349. The van der Waals surface area contributed by atoms with Gasteiger partial charge in [0.1, 0.15) is 0 Å². The zero-order valence-electron chi connectivity index (χ0n) is 10.4. The Kier molecular flexibility index (Phi) is 4.91. The molecule has 0 radical (unpaired) electrons. The Bertz CT molecular complexity index is 660. The van der Waals surface area contributed by atoms with Crippen molar-refractivity contribution < 1.29 is 16.8 Å². The largest absolute Gasteiger partial charge is 0.268 e. The lowest BCUT2D eigenvalue weighted by atomic mass is 10.3. The van der Waals surface area contributed by atoms with Crippen LogP contribution < -0.4 is 4.31 Å². The zero-order valence-corrected chi connectivity index (χ0v) is 12.0. The van der Waals surface area contributed by atoms with Gasteiger partial charge in [-0.05, 0) is 12.1 Å². The van der Waals surface area contributed by atoms with Gasteiger partial charge in [-0.25, -0.2) is 16.8 Å². The lowest BCUT2D eigenvalue weighted by molar-refractivity contribution is 0.588. The molecule has 0 saturated carbocycles. The van der Waals surface area contributed by atoms with E-state index in [1.54, 1.807) is 30.3 Å². The molecule has 0 aromatic heterocycles. The molecule has 1 aromatic carbocycles. The Labute approximate surface area is 113 Å². The van der Waals surface area contributed by atoms with E-state index in [0.29, 0.717) is 5.69 Å². The molecule has 8 heteroatoms. The summed E-state index contributed by atoms with van der Waals surface area (Å²) in [6.45, 7) is -0.0711. The van der Waals surface area contributed by atoms with E-state index in [1.807, 2.05) is 6.07 Å². The fraction of sp³-hybridized carbons (Fsp3) is 0.364. The van der Waals surface area contributed by atoms with Crippen molar-refractivity contribution in [1.82, 2.24) is 0 Å². The van der Waals surface area contributed by atoms with Crippen LogP contribution in [0.2, 0.25) is 0 Å². The summed E-state index contributed by atoms with van der Waals surface area (Å²) in [7, 11) is -7.68. The third-order valence-electron chi connectivity index (χ3n) is 2.17. The van der Waals surface area contributed by atoms with Crippen LogP contribution in [0.5, 0.6) is 0 Å². The highest BCUT2D eigenvalue weighted by molar-refractivity contribution is 8.08. The van der Waals surface area contributed by atoms with E-state index in [9.17, 15) is 16.8 Å². The van der Waals surface area contributed by atoms with E-state index in [4.69, 9.17) is 5.26 Å². The van der Waals surface area contributed by atoms with E-state index in [-0.39, 0.29) is 13.0 Å². The first-order valence-electron chi connectivity index (χ1n) is 5.36. The van der Waals surface area contributed by atoms with Gasteiger partial charge in [-0.1, -0.05) is 18.2 Å². The highest BCUT2D eigenvalue weighted by Gasteiger charge is 2.26. The van der Waals surface area contributed by atoms with Crippen LogP contribution in [0.1, 0.15) is 6.42 Å². The van der Waals surface area contributed by atoms with Crippen molar-refractivity contribution in [3.63, 3.8) is 0 Å². The summed E-state index contributed by atoms with van der Waals surface area (Å²) in [5, 5.41) is 7.60. The summed E-state index contributed by atoms with van der Waals surface area (Å²) in [6.07, 6.45) is 0.843. The Hall–Kier alpha value is -1.59. The summed E-state index contributed by atoms with van der Waals surface area (Å²) in [5.74, 6) is 0. The first kappa shape index (κ1) is 15.5. The molecule has 0 N–H and O–H groups in total. The van der Waals surface area contributed by atoms with E-state index in [0.717, 1.165) is 10.6 Å². The number of hydrogen-bond donors (Lipinski definition) is 0. The SMILES string of the molecule is CS(=O)(=O)CS(=O)(=O)N(CCC#N)c1ccccc1. The molecule has 0 aliphatic rings. The molecule has 0 saturated heterocycles. The second-order valence-electron chi connectivity index (χ2n) is 3.97. The number of anilines is 1. The average Bonchev–Trinajstić information content (AvgIpc) is 2.27. The second kappa shape index (κ2) is 6.04. The van der Waals surface area contributed by atoms with Crippen LogP contribution in [0, 0.1) is 11.3 Å². The predicted molar refractivity (Wildman–Crippen MR) is 72.6 cm³/mol. The first-order chi connectivity index (χ1) is 8.76. The van der Waals surface area contributed by atoms with E-state index >= 15 is 0 Å². The molecule has 6 nitrogen and oxygen atoms in total. The van der Waals surface area contributed by atoms with Crippen molar-refractivity contribution in [2.75, 3.05) is 22.2 Å². The van der Waals surface area contributed by atoms with Gasteiger partial charge < -0.3 is 0 Å². The maximum atomic E-state index is 12.1. The van der Waals surface area contributed by atoms with Crippen molar-refractivity contribution in [3.8, 4) is 6.07 Å². The van der Waals surface area contributed by atoms with Gasteiger partial charge in [0, 0.05) is 12.8 Å². The Morgan fingerprint density at radius 2 is 1.74 bits per heavy atom. The van der Waals surface area contributed by atoms with Crippen molar-refractivity contribution in [2.45, 2.75) is 6.42 Å². The fourth-order valence-electron chi connectivity index (χ4n) is 1.51. The highest BCUT2D eigenvalue weighted by atomic mass is 32.3.